The normalized spacial score (nSPS) is 12.3. The Morgan fingerprint density at radius 1 is 1.22 bits per heavy atom. The van der Waals surface area contributed by atoms with E-state index in [1.54, 1.807) is 12.1 Å². The molecule has 0 saturated heterocycles. The van der Waals surface area contributed by atoms with Gasteiger partial charge in [0, 0.05) is 12.3 Å². The predicted octanol–water partition coefficient (Wildman–Crippen LogP) is 3.66. The zero-order valence-corrected chi connectivity index (χ0v) is 12.6. The fourth-order valence-electron chi connectivity index (χ4n) is 1.37. The summed E-state index contributed by atoms with van der Waals surface area (Å²) in [5, 5.41) is 10.9. The average molecular weight is 271 g/mol. The lowest BCUT2D eigenvalue weighted by molar-refractivity contribution is -0.387. The summed E-state index contributed by atoms with van der Waals surface area (Å²) < 4.78 is 11.3. The number of rotatable bonds is 2. The molecule has 0 saturated carbocycles. The first-order chi connectivity index (χ1) is 8.23. The van der Waals surface area contributed by atoms with E-state index < -0.39 is 15.7 Å². The van der Waals surface area contributed by atoms with Crippen LogP contribution in [-0.4, -0.2) is 15.4 Å². The molecular weight excluding hydrogens is 250 g/mol. The summed E-state index contributed by atoms with van der Waals surface area (Å²) in [6.45, 7) is 9.94. The molecule has 0 aliphatic rings. The highest BCUT2D eigenvalue weighted by molar-refractivity contribution is 7.84. The molecule has 102 valence electrons. The SMILES string of the molecule is CC.CS(=O)c1ccc(C(C)(C)C)cc1[N+](=O)[O-]. The summed E-state index contributed by atoms with van der Waals surface area (Å²) in [5.74, 6) is 0. The maximum atomic E-state index is 11.3. The molecule has 5 heteroatoms. The van der Waals surface area contributed by atoms with Crippen molar-refractivity contribution in [3.63, 3.8) is 0 Å². The number of hydrogen-bond donors (Lipinski definition) is 0. The zero-order chi connectivity index (χ0) is 14.5. The summed E-state index contributed by atoms with van der Waals surface area (Å²) in [4.78, 5) is 10.7. The first-order valence-electron chi connectivity index (χ1n) is 5.86. The van der Waals surface area contributed by atoms with Crippen molar-refractivity contribution >= 4 is 16.5 Å². The van der Waals surface area contributed by atoms with E-state index in [2.05, 4.69) is 0 Å². The van der Waals surface area contributed by atoms with Gasteiger partial charge >= 0.3 is 0 Å². The van der Waals surface area contributed by atoms with Gasteiger partial charge in [0.1, 0.15) is 4.90 Å². The molecule has 0 aliphatic heterocycles. The third-order valence-corrected chi connectivity index (χ3v) is 3.30. The monoisotopic (exact) mass is 271 g/mol. The van der Waals surface area contributed by atoms with Crippen molar-refractivity contribution in [2.24, 2.45) is 0 Å². The molecule has 0 spiro atoms. The highest BCUT2D eigenvalue weighted by Gasteiger charge is 2.22. The Morgan fingerprint density at radius 3 is 2.06 bits per heavy atom. The molecule has 0 aliphatic carbocycles. The number of nitrogens with zero attached hydrogens (tertiary/aromatic N) is 1. The molecule has 1 aromatic carbocycles. The fourth-order valence-corrected chi connectivity index (χ4v) is 2.06. The van der Waals surface area contributed by atoms with Crippen LogP contribution in [0, 0.1) is 10.1 Å². The van der Waals surface area contributed by atoms with Crippen LogP contribution in [-0.2, 0) is 16.2 Å². The Hall–Kier alpha value is -1.23. The van der Waals surface area contributed by atoms with Crippen LogP contribution in [0.1, 0.15) is 40.2 Å². The van der Waals surface area contributed by atoms with Gasteiger partial charge in [0.15, 0.2) is 0 Å². The fraction of sp³-hybridized carbons (Fsp3) is 0.538. The lowest BCUT2D eigenvalue weighted by atomic mass is 9.87. The van der Waals surface area contributed by atoms with Gasteiger partial charge in [-0.05, 0) is 17.0 Å². The van der Waals surface area contributed by atoms with Gasteiger partial charge in [-0.15, -0.1) is 0 Å². The maximum absolute atomic E-state index is 11.3. The highest BCUT2D eigenvalue weighted by Crippen LogP contribution is 2.29. The van der Waals surface area contributed by atoms with Crippen LogP contribution in [0.4, 0.5) is 5.69 Å². The van der Waals surface area contributed by atoms with Crippen LogP contribution in [0.15, 0.2) is 23.1 Å². The van der Waals surface area contributed by atoms with Crippen LogP contribution >= 0.6 is 0 Å². The van der Waals surface area contributed by atoms with Gasteiger partial charge in [0.2, 0.25) is 0 Å². The number of hydrogen-bond acceptors (Lipinski definition) is 3. The van der Waals surface area contributed by atoms with E-state index >= 15 is 0 Å². The van der Waals surface area contributed by atoms with Crippen LogP contribution < -0.4 is 0 Å². The number of nitro groups is 1. The maximum Gasteiger partial charge on any atom is 0.285 e. The Bertz CT molecular complexity index is 450. The van der Waals surface area contributed by atoms with E-state index in [9.17, 15) is 14.3 Å². The van der Waals surface area contributed by atoms with Crippen LogP contribution in [0.2, 0.25) is 0 Å². The Kier molecular flexibility index (Phi) is 6.18. The van der Waals surface area contributed by atoms with Crippen molar-refractivity contribution < 1.29 is 9.13 Å². The predicted molar refractivity (Wildman–Crippen MR) is 75.5 cm³/mol. The third kappa shape index (κ3) is 4.22. The molecule has 0 N–H and O–H groups in total. The van der Waals surface area contributed by atoms with E-state index in [0.29, 0.717) is 0 Å². The molecule has 0 amide bonds. The average Bonchev–Trinajstić information content (AvgIpc) is 2.29. The molecule has 0 bridgehead atoms. The van der Waals surface area contributed by atoms with Gasteiger partial charge in [-0.2, -0.15) is 0 Å². The van der Waals surface area contributed by atoms with Crippen molar-refractivity contribution in [3.8, 4) is 0 Å². The smallest absolute Gasteiger partial charge is 0.258 e. The van der Waals surface area contributed by atoms with E-state index in [0.717, 1.165) is 5.56 Å². The summed E-state index contributed by atoms with van der Waals surface area (Å²) in [6, 6.07) is 4.88. The van der Waals surface area contributed by atoms with Crippen LogP contribution in [0.3, 0.4) is 0 Å². The third-order valence-electron chi connectivity index (χ3n) is 2.33. The van der Waals surface area contributed by atoms with Gasteiger partial charge in [-0.3, -0.25) is 14.3 Å². The van der Waals surface area contributed by atoms with Crippen molar-refractivity contribution in [2.75, 3.05) is 6.26 Å². The minimum Gasteiger partial charge on any atom is -0.258 e. The lowest BCUT2D eigenvalue weighted by Crippen LogP contribution is -2.12. The molecule has 18 heavy (non-hydrogen) atoms. The first-order valence-corrected chi connectivity index (χ1v) is 7.41. The summed E-state index contributed by atoms with van der Waals surface area (Å²) in [7, 11) is -1.34. The van der Waals surface area contributed by atoms with E-state index in [1.807, 2.05) is 34.6 Å². The van der Waals surface area contributed by atoms with E-state index in [1.165, 1.54) is 12.3 Å². The Labute approximate surface area is 111 Å². The van der Waals surface area contributed by atoms with E-state index in [-0.39, 0.29) is 16.0 Å². The second kappa shape index (κ2) is 6.64. The number of nitro benzene ring substituents is 1. The molecule has 0 aromatic heterocycles. The zero-order valence-electron chi connectivity index (χ0n) is 11.8. The first kappa shape index (κ1) is 16.8. The Morgan fingerprint density at radius 2 is 1.72 bits per heavy atom. The molecule has 0 heterocycles. The summed E-state index contributed by atoms with van der Waals surface area (Å²) in [6.07, 6.45) is 1.44. The summed E-state index contributed by atoms with van der Waals surface area (Å²) in [5.41, 5.74) is 0.653. The lowest BCUT2D eigenvalue weighted by Gasteiger charge is -2.18. The minimum absolute atomic E-state index is 0.0618. The topological polar surface area (TPSA) is 60.2 Å². The molecule has 1 unspecified atom stereocenters. The second-order valence-corrected chi connectivity index (χ2v) is 5.99. The van der Waals surface area contributed by atoms with Gasteiger partial charge in [-0.1, -0.05) is 40.7 Å². The van der Waals surface area contributed by atoms with Gasteiger partial charge in [0.05, 0.1) is 15.7 Å². The molecule has 1 rings (SSSR count). The minimum atomic E-state index is -1.34. The molecule has 4 nitrogen and oxygen atoms in total. The molecular formula is C13H21NO3S. The standard InChI is InChI=1S/C11H15NO3S.C2H6/c1-11(2,3)8-5-6-10(16(4)15)9(7-8)12(13)14;1-2/h5-7H,1-4H3;1-2H3. The summed E-state index contributed by atoms with van der Waals surface area (Å²) >= 11 is 0. The van der Waals surface area contributed by atoms with Crippen molar-refractivity contribution in [3.05, 3.63) is 33.9 Å². The van der Waals surface area contributed by atoms with Crippen molar-refractivity contribution in [2.45, 2.75) is 44.9 Å². The quantitative estimate of drug-likeness (QED) is 0.609. The van der Waals surface area contributed by atoms with Crippen molar-refractivity contribution in [1.29, 1.82) is 0 Å². The Balaban J connectivity index is 0.00000137. The van der Waals surface area contributed by atoms with Crippen LogP contribution in [0.25, 0.3) is 0 Å². The number of benzene rings is 1. The van der Waals surface area contributed by atoms with Gasteiger partial charge < -0.3 is 0 Å². The van der Waals surface area contributed by atoms with E-state index in [4.69, 9.17) is 0 Å². The molecule has 1 atom stereocenters. The van der Waals surface area contributed by atoms with Crippen molar-refractivity contribution in [1.82, 2.24) is 0 Å². The molecule has 0 fully saturated rings. The van der Waals surface area contributed by atoms with Gasteiger partial charge in [0.25, 0.3) is 5.69 Å². The highest BCUT2D eigenvalue weighted by atomic mass is 32.2. The molecule has 0 radical (unpaired) electrons. The molecule has 1 aromatic rings. The second-order valence-electron chi connectivity index (χ2n) is 4.64. The largest absolute Gasteiger partial charge is 0.285 e. The van der Waals surface area contributed by atoms with Gasteiger partial charge in [-0.25, -0.2) is 0 Å². The van der Waals surface area contributed by atoms with Crippen LogP contribution in [0.5, 0.6) is 0 Å².